The minimum Gasteiger partial charge on any atom is -0.363 e. The predicted octanol–water partition coefficient (Wildman–Crippen LogP) is 2.25. The van der Waals surface area contributed by atoms with Gasteiger partial charge in [-0.2, -0.15) is 0 Å². The molecular weight excluding hydrogens is 298 g/mol. The third-order valence-corrected chi connectivity index (χ3v) is 4.47. The van der Waals surface area contributed by atoms with Gasteiger partial charge in [-0.05, 0) is 43.3 Å². The van der Waals surface area contributed by atoms with Crippen LogP contribution in [-0.4, -0.2) is 60.0 Å². The third-order valence-electron chi connectivity index (χ3n) is 4.47. The van der Waals surface area contributed by atoms with E-state index in [9.17, 15) is 0 Å². The van der Waals surface area contributed by atoms with E-state index in [4.69, 9.17) is 0 Å². The fourth-order valence-electron chi connectivity index (χ4n) is 3.09. The SMILES string of the molecule is CN(C)c1ccc(CN2CCCN(Cc3ccccn3)CC2)cn1. The Morgan fingerprint density at radius 2 is 1.71 bits per heavy atom. The minimum absolute atomic E-state index is 0.952. The van der Waals surface area contributed by atoms with E-state index in [1.165, 1.54) is 12.0 Å². The Hall–Kier alpha value is -1.98. The Balaban J connectivity index is 1.52. The molecule has 0 saturated carbocycles. The lowest BCUT2D eigenvalue weighted by molar-refractivity contribution is 0.245. The second-order valence-corrected chi connectivity index (χ2v) is 6.65. The topological polar surface area (TPSA) is 35.5 Å². The highest BCUT2D eigenvalue weighted by molar-refractivity contribution is 5.37. The Bertz CT molecular complexity index is 611. The normalized spacial score (nSPS) is 16.8. The van der Waals surface area contributed by atoms with Crippen LogP contribution in [0.25, 0.3) is 0 Å². The van der Waals surface area contributed by atoms with Gasteiger partial charge in [-0.15, -0.1) is 0 Å². The van der Waals surface area contributed by atoms with E-state index in [0.717, 1.165) is 50.8 Å². The molecule has 0 bridgehead atoms. The molecule has 0 amide bonds. The molecular formula is C19H27N5. The molecule has 1 fully saturated rings. The molecule has 0 radical (unpaired) electrons. The summed E-state index contributed by atoms with van der Waals surface area (Å²) in [5, 5.41) is 0. The van der Waals surface area contributed by atoms with Crippen LogP contribution in [-0.2, 0) is 13.1 Å². The predicted molar refractivity (Wildman–Crippen MR) is 98.0 cm³/mol. The molecule has 1 aliphatic rings. The van der Waals surface area contributed by atoms with Crippen LogP contribution in [0.5, 0.6) is 0 Å². The van der Waals surface area contributed by atoms with Gasteiger partial charge in [-0.3, -0.25) is 14.8 Å². The number of rotatable bonds is 5. The maximum atomic E-state index is 4.52. The van der Waals surface area contributed by atoms with Gasteiger partial charge < -0.3 is 4.90 Å². The van der Waals surface area contributed by atoms with Crippen molar-refractivity contribution < 1.29 is 0 Å². The number of hydrogen-bond donors (Lipinski definition) is 0. The van der Waals surface area contributed by atoms with Crippen molar-refractivity contribution in [3.8, 4) is 0 Å². The first-order valence-electron chi connectivity index (χ1n) is 8.67. The van der Waals surface area contributed by atoms with Crippen LogP contribution in [0.1, 0.15) is 17.7 Å². The molecule has 0 aromatic carbocycles. The van der Waals surface area contributed by atoms with Gasteiger partial charge in [0.05, 0.1) is 5.69 Å². The maximum absolute atomic E-state index is 4.52. The van der Waals surface area contributed by atoms with Crippen molar-refractivity contribution in [1.29, 1.82) is 0 Å². The highest BCUT2D eigenvalue weighted by atomic mass is 15.2. The first-order valence-corrected chi connectivity index (χ1v) is 8.67. The van der Waals surface area contributed by atoms with Crippen LogP contribution >= 0.6 is 0 Å². The maximum Gasteiger partial charge on any atom is 0.127 e. The highest BCUT2D eigenvalue weighted by Gasteiger charge is 2.15. The molecule has 0 atom stereocenters. The lowest BCUT2D eigenvalue weighted by Gasteiger charge is -2.21. The van der Waals surface area contributed by atoms with Gasteiger partial charge in [0.25, 0.3) is 0 Å². The smallest absolute Gasteiger partial charge is 0.127 e. The number of nitrogens with zero attached hydrogens (tertiary/aromatic N) is 5. The zero-order chi connectivity index (χ0) is 16.8. The van der Waals surface area contributed by atoms with E-state index in [2.05, 4.69) is 44.0 Å². The standard InChI is InChI=1S/C19H27N5/c1-22(2)19-8-7-17(14-21-19)15-23-10-5-11-24(13-12-23)16-18-6-3-4-9-20-18/h3-4,6-9,14H,5,10-13,15-16H2,1-2H3. The summed E-state index contributed by atoms with van der Waals surface area (Å²) in [4.78, 5) is 16.0. The van der Waals surface area contributed by atoms with Gasteiger partial charge in [-0.25, -0.2) is 4.98 Å². The fourth-order valence-corrected chi connectivity index (χ4v) is 3.09. The zero-order valence-corrected chi connectivity index (χ0v) is 14.7. The summed E-state index contributed by atoms with van der Waals surface area (Å²) in [6.45, 7) is 6.42. The van der Waals surface area contributed by atoms with Gasteiger partial charge in [0.15, 0.2) is 0 Å². The molecule has 0 unspecified atom stereocenters. The molecule has 1 aliphatic heterocycles. The number of pyridine rings is 2. The molecule has 5 heteroatoms. The first-order chi connectivity index (χ1) is 11.7. The van der Waals surface area contributed by atoms with Gasteiger partial charge in [0.2, 0.25) is 0 Å². The van der Waals surface area contributed by atoms with Gasteiger partial charge in [0.1, 0.15) is 5.82 Å². The van der Waals surface area contributed by atoms with Crippen molar-refractivity contribution in [1.82, 2.24) is 19.8 Å². The summed E-state index contributed by atoms with van der Waals surface area (Å²) >= 11 is 0. The lowest BCUT2D eigenvalue weighted by Crippen LogP contribution is -2.30. The number of aromatic nitrogens is 2. The van der Waals surface area contributed by atoms with Crippen molar-refractivity contribution in [3.05, 3.63) is 54.0 Å². The molecule has 2 aromatic heterocycles. The van der Waals surface area contributed by atoms with Crippen molar-refractivity contribution in [3.63, 3.8) is 0 Å². The van der Waals surface area contributed by atoms with E-state index < -0.39 is 0 Å². The second kappa shape index (κ2) is 8.22. The summed E-state index contributed by atoms with van der Waals surface area (Å²) in [6, 6.07) is 10.4. The Morgan fingerprint density at radius 3 is 2.33 bits per heavy atom. The second-order valence-electron chi connectivity index (χ2n) is 6.65. The Morgan fingerprint density at radius 1 is 0.917 bits per heavy atom. The summed E-state index contributed by atoms with van der Waals surface area (Å²) in [5.74, 6) is 1.01. The van der Waals surface area contributed by atoms with Gasteiger partial charge in [0, 0.05) is 52.7 Å². The molecule has 2 aromatic rings. The largest absolute Gasteiger partial charge is 0.363 e. The van der Waals surface area contributed by atoms with Gasteiger partial charge >= 0.3 is 0 Å². The first kappa shape index (κ1) is 16.9. The van der Waals surface area contributed by atoms with Crippen LogP contribution in [0.2, 0.25) is 0 Å². The molecule has 0 N–H and O–H groups in total. The lowest BCUT2D eigenvalue weighted by atomic mass is 10.2. The monoisotopic (exact) mass is 325 g/mol. The van der Waals surface area contributed by atoms with E-state index in [0.29, 0.717) is 0 Å². The fraction of sp³-hybridized carbons (Fsp3) is 0.474. The van der Waals surface area contributed by atoms with E-state index in [1.807, 2.05) is 37.5 Å². The van der Waals surface area contributed by atoms with Gasteiger partial charge in [-0.1, -0.05) is 12.1 Å². The quantitative estimate of drug-likeness (QED) is 0.842. The van der Waals surface area contributed by atoms with E-state index in [-0.39, 0.29) is 0 Å². The average molecular weight is 325 g/mol. The average Bonchev–Trinajstić information content (AvgIpc) is 2.82. The zero-order valence-electron chi connectivity index (χ0n) is 14.7. The summed E-state index contributed by atoms with van der Waals surface area (Å²) < 4.78 is 0. The Labute approximate surface area is 144 Å². The molecule has 3 rings (SSSR count). The summed E-state index contributed by atoms with van der Waals surface area (Å²) in [5.41, 5.74) is 2.45. The number of hydrogen-bond acceptors (Lipinski definition) is 5. The van der Waals surface area contributed by atoms with E-state index in [1.54, 1.807) is 0 Å². The molecule has 3 heterocycles. The van der Waals surface area contributed by atoms with Crippen LogP contribution < -0.4 is 4.90 Å². The third kappa shape index (κ3) is 4.76. The van der Waals surface area contributed by atoms with Crippen molar-refractivity contribution in [2.45, 2.75) is 19.5 Å². The molecule has 24 heavy (non-hydrogen) atoms. The van der Waals surface area contributed by atoms with Crippen LogP contribution in [0.15, 0.2) is 42.7 Å². The van der Waals surface area contributed by atoms with Crippen LogP contribution in [0.3, 0.4) is 0 Å². The molecule has 0 aliphatic carbocycles. The number of anilines is 1. The van der Waals surface area contributed by atoms with Crippen LogP contribution in [0.4, 0.5) is 5.82 Å². The van der Waals surface area contributed by atoms with E-state index >= 15 is 0 Å². The molecule has 1 saturated heterocycles. The molecule has 0 spiro atoms. The van der Waals surface area contributed by atoms with Crippen molar-refractivity contribution in [2.75, 3.05) is 45.2 Å². The highest BCUT2D eigenvalue weighted by Crippen LogP contribution is 2.13. The van der Waals surface area contributed by atoms with Crippen molar-refractivity contribution >= 4 is 5.82 Å². The van der Waals surface area contributed by atoms with Crippen molar-refractivity contribution in [2.24, 2.45) is 0 Å². The summed E-state index contributed by atoms with van der Waals surface area (Å²) in [7, 11) is 4.04. The molecule has 5 nitrogen and oxygen atoms in total. The summed E-state index contributed by atoms with van der Waals surface area (Å²) in [6.07, 6.45) is 5.09. The molecule has 128 valence electrons. The van der Waals surface area contributed by atoms with Crippen LogP contribution in [0, 0.1) is 0 Å². The Kier molecular flexibility index (Phi) is 5.77. The minimum atomic E-state index is 0.952.